The molecule has 0 amide bonds. The van der Waals surface area contributed by atoms with E-state index in [2.05, 4.69) is 8.75 Å². The van der Waals surface area contributed by atoms with Crippen LogP contribution in [-0.2, 0) is 0 Å². The van der Waals surface area contributed by atoms with Gasteiger partial charge in [0.1, 0.15) is 11.0 Å². The van der Waals surface area contributed by atoms with Crippen LogP contribution in [0, 0.1) is 0 Å². The van der Waals surface area contributed by atoms with Gasteiger partial charge in [-0.3, -0.25) is 0 Å². The van der Waals surface area contributed by atoms with Gasteiger partial charge in [0.25, 0.3) is 0 Å². The molecule has 0 saturated heterocycles. The zero-order valence-electron chi connectivity index (χ0n) is 8.08. The molecule has 0 spiro atoms. The summed E-state index contributed by atoms with van der Waals surface area (Å²) >= 11 is 1.25. The first-order chi connectivity index (χ1) is 7.47. The Bertz CT molecular complexity index is 448. The van der Waals surface area contributed by atoms with Gasteiger partial charge < -0.3 is 0 Å². The summed E-state index contributed by atoms with van der Waals surface area (Å²) in [5, 5.41) is 0. The topological polar surface area (TPSA) is 25.8 Å². The molecule has 0 atom stereocenters. The maximum Gasteiger partial charge on any atom is 0.104 e. The first-order valence-corrected chi connectivity index (χ1v) is 5.37. The van der Waals surface area contributed by atoms with Gasteiger partial charge in [-0.2, -0.15) is 8.75 Å². The second-order valence-corrected chi connectivity index (χ2v) is 3.44. The Morgan fingerprint density at radius 2 is 1.00 bits per heavy atom. The molecule has 74 valence electrons. The summed E-state index contributed by atoms with van der Waals surface area (Å²) in [4.78, 5) is 0. The van der Waals surface area contributed by atoms with E-state index in [0.717, 1.165) is 11.0 Å². The third-order valence-electron chi connectivity index (χ3n) is 1.83. The van der Waals surface area contributed by atoms with E-state index in [1.807, 2.05) is 60.7 Å². The molecule has 2 aromatic carbocycles. The Labute approximate surface area is 92.5 Å². The Morgan fingerprint density at radius 1 is 0.600 bits per heavy atom. The summed E-state index contributed by atoms with van der Waals surface area (Å²) in [6.45, 7) is 0. The Morgan fingerprint density at radius 3 is 1.40 bits per heavy atom. The maximum absolute atomic E-state index is 4.05. The van der Waals surface area contributed by atoms with Crippen molar-refractivity contribution in [3.63, 3.8) is 0 Å². The van der Waals surface area contributed by atoms with Crippen molar-refractivity contribution >= 4 is 22.8 Å². The van der Waals surface area contributed by atoms with Crippen molar-refractivity contribution in [2.45, 2.75) is 0 Å². The van der Waals surface area contributed by atoms with Crippen LogP contribution in [0.15, 0.2) is 60.7 Å². The molecule has 1 aromatic heterocycles. The highest BCUT2D eigenvalue weighted by atomic mass is 32.1. The minimum atomic E-state index is 0.988. The van der Waals surface area contributed by atoms with Gasteiger partial charge in [-0.05, 0) is 12.1 Å². The smallest absolute Gasteiger partial charge is 0.104 e. The molecule has 0 bridgehead atoms. The van der Waals surface area contributed by atoms with Gasteiger partial charge in [0.05, 0.1) is 11.7 Å². The van der Waals surface area contributed by atoms with Crippen LogP contribution in [0.1, 0.15) is 0 Å². The molecule has 0 N–H and O–H groups in total. The average Bonchev–Trinajstić information content (AvgIpc) is 2.80. The lowest BCUT2D eigenvalue weighted by molar-refractivity contribution is 1.64. The minimum absolute atomic E-state index is 0.988. The highest BCUT2D eigenvalue weighted by Crippen LogP contribution is 2.08. The van der Waals surface area contributed by atoms with Crippen molar-refractivity contribution in [1.82, 2.24) is 8.75 Å². The number of hydrogen-bond acceptors (Lipinski definition) is 3. The molecule has 0 radical (unpaired) electrons. The Balaban J connectivity index is 0.000000124. The summed E-state index contributed by atoms with van der Waals surface area (Å²) in [5.74, 6) is 0. The van der Waals surface area contributed by atoms with E-state index < -0.39 is 0 Å². The van der Waals surface area contributed by atoms with Crippen LogP contribution < -0.4 is 0 Å². The SMILES string of the molecule is c1ccc2nsnc2c1.c1ccccc1. The van der Waals surface area contributed by atoms with E-state index in [9.17, 15) is 0 Å². The number of rotatable bonds is 0. The standard InChI is InChI=1S/C6H4N2S.C6H6/c1-2-4-6-5(3-1)7-9-8-6;1-2-4-6-5-3-1/h1-4H;1-6H. The summed E-state index contributed by atoms with van der Waals surface area (Å²) in [6, 6.07) is 19.8. The summed E-state index contributed by atoms with van der Waals surface area (Å²) < 4.78 is 8.10. The molecular weight excluding hydrogens is 204 g/mol. The number of nitrogens with zero attached hydrogens (tertiary/aromatic N) is 2. The molecule has 0 aliphatic rings. The molecule has 3 rings (SSSR count). The van der Waals surface area contributed by atoms with E-state index >= 15 is 0 Å². The second-order valence-electron chi connectivity index (χ2n) is 2.91. The largest absolute Gasteiger partial charge is 0.173 e. The quantitative estimate of drug-likeness (QED) is 0.573. The van der Waals surface area contributed by atoms with Crippen LogP contribution in [0.25, 0.3) is 11.0 Å². The van der Waals surface area contributed by atoms with E-state index in [0.29, 0.717) is 0 Å². The molecule has 0 unspecified atom stereocenters. The molecule has 0 fully saturated rings. The maximum atomic E-state index is 4.05. The molecule has 3 aromatic rings. The lowest BCUT2D eigenvalue weighted by atomic mass is 10.3. The monoisotopic (exact) mass is 214 g/mol. The van der Waals surface area contributed by atoms with Crippen molar-refractivity contribution in [2.75, 3.05) is 0 Å². The average molecular weight is 214 g/mol. The number of aromatic nitrogens is 2. The van der Waals surface area contributed by atoms with Crippen LogP contribution >= 0.6 is 11.7 Å². The van der Waals surface area contributed by atoms with E-state index in [-0.39, 0.29) is 0 Å². The van der Waals surface area contributed by atoms with Crippen LogP contribution in [0.4, 0.5) is 0 Å². The van der Waals surface area contributed by atoms with Crippen molar-refractivity contribution in [2.24, 2.45) is 0 Å². The van der Waals surface area contributed by atoms with E-state index in [4.69, 9.17) is 0 Å². The predicted molar refractivity (Wildman–Crippen MR) is 63.9 cm³/mol. The second kappa shape index (κ2) is 5.22. The van der Waals surface area contributed by atoms with Crippen LogP contribution in [0.5, 0.6) is 0 Å². The fraction of sp³-hybridized carbons (Fsp3) is 0. The van der Waals surface area contributed by atoms with Crippen molar-refractivity contribution < 1.29 is 0 Å². The van der Waals surface area contributed by atoms with Gasteiger partial charge in [-0.1, -0.05) is 48.5 Å². The van der Waals surface area contributed by atoms with Gasteiger partial charge in [0.15, 0.2) is 0 Å². The zero-order valence-corrected chi connectivity index (χ0v) is 8.89. The van der Waals surface area contributed by atoms with Gasteiger partial charge >= 0.3 is 0 Å². The molecular formula is C12H10N2S. The molecule has 1 heterocycles. The van der Waals surface area contributed by atoms with Gasteiger partial charge in [-0.25, -0.2) is 0 Å². The minimum Gasteiger partial charge on any atom is -0.173 e. The predicted octanol–water partition coefficient (Wildman–Crippen LogP) is 3.38. The fourth-order valence-corrected chi connectivity index (χ4v) is 1.64. The molecule has 0 aliphatic heterocycles. The molecule has 0 saturated carbocycles. The Kier molecular flexibility index (Phi) is 3.41. The molecule has 2 nitrogen and oxygen atoms in total. The summed E-state index contributed by atoms with van der Waals surface area (Å²) in [6.07, 6.45) is 0. The fourth-order valence-electron chi connectivity index (χ4n) is 1.11. The zero-order chi connectivity index (χ0) is 10.3. The molecule has 0 aliphatic carbocycles. The van der Waals surface area contributed by atoms with Crippen LogP contribution in [-0.4, -0.2) is 8.75 Å². The highest BCUT2D eigenvalue weighted by molar-refractivity contribution is 7.00. The first kappa shape index (κ1) is 9.80. The third kappa shape index (κ3) is 2.86. The van der Waals surface area contributed by atoms with Crippen molar-refractivity contribution in [1.29, 1.82) is 0 Å². The molecule has 15 heavy (non-hydrogen) atoms. The lowest BCUT2D eigenvalue weighted by Gasteiger charge is -1.78. The third-order valence-corrected chi connectivity index (χ3v) is 2.38. The summed E-state index contributed by atoms with van der Waals surface area (Å²) in [5.41, 5.74) is 1.98. The first-order valence-electron chi connectivity index (χ1n) is 4.64. The highest BCUT2D eigenvalue weighted by Gasteiger charge is 1.91. The van der Waals surface area contributed by atoms with Crippen LogP contribution in [0.3, 0.4) is 0 Å². The van der Waals surface area contributed by atoms with Crippen LogP contribution in [0.2, 0.25) is 0 Å². The van der Waals surface area contributed by atoms with E-state index in [1.165, 1.54) is 11.7 Å². The van der Waals surface area contributed by atoms with Crippen molar-refractivity contribution in [3.8, 4) is 0 Å². The number of hydrogen-bond donors (Lipinski definition) is 0. The lowest BCUT2D eigenvalue weighted by Crippen LogP contribution is -1.63. The van der Waals surface area contributed by atoms with Gasteiger partial charge in [0.2, 0.25) is 0 Å². The number of fused-ring (bicyclic) bond motifs is 1. The van der Waals surface area contributed by atoms with Gasteiger partial charge in [-0.15, -0.1) is 0 Å². The molecule has 3 heteroatoms. The summed E-state index contributed by atoms with van der Waals surface area (Å²) in [7, 11) is 0. The van der Waals surface area contributed by atoms with E-state index in [1.54, 1.807) is 0 Å². The normalized spacial score (nSPS) is 9.33. The van der Waals surface area contributed by atoms with Gasteiger partial charge in [0, 0.05) is 0 Å². The van der Waals surface area contributed by atoms with Crippen molar-refractivity contribution in [3.05, 3.63) is 60.7 Å². The number of benzene rings is 2. The Hall–Kier alpha value is -1.74.